The Labute approximate surface area is 191 Å². The van der Waals surface area contributed by atoms with Gasteiger partial charge in [0.2, 0.25) is 0 Å². The van der Waals surface area contributed by atoms with Crippen molar-refractivity contribution in [2.24, 2.45) is 12.8 Å². The molecular formula is C24H26N8O. The molecule has 1 aliphatic heterocycles. The van der Waals surface area contributed by atoms with E-state index in [1.54, 1.807) is 29.3 Å². The van der Waals surface area contributed by atoms with Crippen LogP contribution in [-0.2, 0) is 7.05 Å². The highest BCUT2D eigenvalue weighted by Gasteiger charge is 2.21. The van der Waals surface area contributed by atoms with Crippen LogP contribution in [0.5, 0.6) is 0 Å². The van der Waals surface area contributed by atoms with E-state index in [2.05, 4.69) is 25.3 Å². The summed E-state index contributed by atoms with van der Waals surface area (Å²) in [6, 6.07) is 11.6. The molecule has 4 aromatic rings. The number of hydrogen-bond acceptors (Lipinski definition) is 7. The summed E-state index contributed by atoms with van der Waals surface area (Å²) in [5.74, 6) is -0.379. The lowest BCUT2D eigenvalue weighted by atomic mass is 10.1. The minimum absolute atomic E-state index is 0.113. The molecule has 9 heteroatoms. The molecule has 0 bridgehead atoms. The summed E-state index contributed by atoms with van der Waals surface area (Å²) in [5.41, 5.74) is 17.0. The van der Waals surface area contributed by atoms with Crippen LogP contribution in [0.4, 0.5) is 17.1 Å². The van der Waals surface area contributed by atoms with Gasteiger partial charge in [0, 0.05) is 49.5 Å². The Morgan fingerprint density at radius 3 is 2.85 bits per heavy atom. The summed E-state index contributed by atoms with van der Waals surface area (Å²) >= 11 is 0. The van der Waals surface area contributed by atoms with Crippen LogP contribution in [0.25, 0.3) is 22.2 Å². The first-order chi connectivity index (χ1) is 16.0. The highest BCUT2D eigenvalue weighted by atomic mass is 16.1. The zero-order chi connectivity index (χ0) is 22.9. The number of carbonyl (C=O) groups excluding carboxylic acids is 1. The first kappa shape index (κ1) is 20.9. The summed E-state index contributed by atoms with van der Waals surface area (Å²) in [4.78, 5) is 24.2. The van der Waals surface area contributed by atoms with Gasteiger partial charge in [-0.2, -0.15) is 5.10 Å². The Hall–Kier alpha value is -3.98. The van der Waals surface area contributed by atoms with Gasteiger partial charge in [-0.25, -0.2) is 4.98 Å². The van der Waals surface area contributed by atoms with Crippen molar-refractivity contribution in [2.45, 2.75) is 18.9 Å². The van der Waals surface area contributed by atoms with Gasteiger partial charge in [-0.3, -0.25) is 14.5 Å². The maximum absolute atomic E-state index is 13.2. The number of nitrogens with one attached hydrogen (secondary N) is 1. The Morgan fingerprint density at radius 2 is 2.06 bits per heavy atom. The second kappa shape index (κ2) is 8.51. The van der Waals surface area contributed by atoms with Crippen LogP contribution in [0, 0.1) is 0 Å². The van der Waals surface area contributed by atoms with E-state index in [4.69, 9.17) is 11.5 Å². The number of nitrogens with zero attached hydrogens (tertiary/aromatic N) is 5. The smallest absolute Gasteiger partial charge is 0.276 e. The molecule has 0 spiro atoms. The van der Waals surface area contributed by atoms with Gasteiger partial charge < -0.3 is 21.7 Å². The van der Waals surface area contributed by atoms with E-state index in [1.807, 2.05) is 37.4 Å². The maximum atomic E-state index is 13.2. The van der Waals surface area contributed by atoms with E-state index in [-0.39, 0.29) is 17.6 Å². The maximum Gasteiger partial charge on any atom is 0.276 e. The number of carbonyl (C=O) groups is 1. The number of aromatic nitrogens is 4. The standard InChI is InChI=1S/C24H26N8O/c1-31-21(7-9-28-31)16-5-4-15-11-18(26)23(29-19(15)12-16)24(33)30-20-13-27-8-6-22(20)32-10-2-3-17(25)14-32/h4-9,11-13,17H,2-3,10,14,25-26H2,1H3,(H,30,33)/t17-/m0/s1. The third-order valence-electron chi connectivity index (χ3n) is 6.02. The van der Waals surface area contributed by atoms with Crippen LogP contribution >= 0.6 is 0 Å². The van der Waals surface area contributed by atoms with Crippen LogP contribution in [0.15, 0.2) is 55.0 Å². The number of fused-ring (bicyclic) bond motifs is 1. The van der Waals surface area contributed by atoms with Gasteiger partial charge in [0.05, 0.1) is 34.5 Å². The predicted molar refractivity (Wildman–Crippen MR) is 130 cm³/mol. The molecule has 1 fully saturated rings. The van der Waals surface area contributed by atoms with Crippen LogP contribution in [-0.4, -0.2) is 44.8 Å². The molecule has 4 heterocycles. The quantitative estimate of drug-likeness (QED) is 0.443. The van der Waals surface area contributed by atoms with Crippen LogP contribution < -0.4 is 21.7 Å². The lowest BCUT2D eigenvalue weighted by molar-refractivity contribution is 0.102. The second-order valence-corrected chi connectivity index (χ2v) is 8.37. The van der Waals surface area contributed by atoms with E-state index < -0.39 is 0 Å². The molecule has 9 nitrogen and oxygen atoms in total. The number of rotatable bonds is 4. The van der Waals surface area contributed by atoms with E-state index >= 15 is 0 Å². The van der Waals surface area contributed by atoms with Crippen molar-refractivity contribution < 1.29 is 4.79 Å². The minimum atomic E-state index is -0.379. The highest BCUT2D eigenvalue weighted by molar-refractivity contribution is 6.09. The van der Waals surface area contributed by atoms with Crippen LogP contribution in [0.3, 0.4) is 0 Å². The molecule has 0 aliphatic carbocycles. The fraction of sp³-hybridized carbons (Fsp3) is 0.250. The first-order valence-corrected chi connectivity index (χ1v) is 10.9. The summed E-state index contributed by atoms with van der Waals surface area (Å²) in [7, 11) is 1.88. The van der Waals surface area contributed by atoms with Crippen molar-refractivity contribution in [2.75, 3.05) is 29.0 Å². The van der Waals surface area contributed by atoms with Gasteiger partial charge in [-0.1, -0.05) is 12.1 Å². The number of benzene rings is 1. The predicted octanol–water partition coefficient (Wildman–Crippen LogP) is 2.79. The zero-order valence-corrected chi connectivity index (χ0v) is 18.4. The summed E-state index contributed by atoms with van der Waals surface area (Å²) in [6.45, 7) is 1.62. The number of piperidine rings is 1. The van der Waals surface area contributed by atoms with Crippen molar-refractivity contribution >= 4 is 33.9 Å². The number of nitrogens with two attached hydrogens (primary N) is 2. The number of amides is 1. The normalized spacial score (nSPS) is 16.2. The largest absolute Gasteiger partial charge is 0.397 e. The fourth-order valence-corrected chi connectivity index (χ4v) is 4.35. The van der Waals surface area contributed by atoms with Crippen molar-refractivity contribution in [3.63, 3.8) is 0 Å². The van der Waals surface area contributed by atoms with Gasteiger partial charge in [0.15, 0.2) is 5.69 Å². The Balaban J connectivity index is 1.46. The third kappa shape index (κ3) is 4.10. The van der Waals surface area contributed by atoms with Gasteiger partial charge in [-0.15, -0.1) is 0 Å². The van der Waals surface area contributed by atoms with Crippen molar-refractivity contribution in [1.82, 2.24) is 19.7 Å². The lowest BCUT2D eigenvalue weighted by Crippen LogP contribution is -2.43. The third-order valence-corrected chi connectivity index (χ3v) is 6.02. The first-order valence-electron chi connectivity index (χ1n) is 10.9. The molecule has 1 atom stereocenters. The van der Waals surface area contributed by atoms with E-state index in [0.717, 1.165) is 48.3 Å². The van der Waals surface area contributed by atoms with E-state index in [1.165, 1.54) is 0 Å². The van der Waals surface area contributed by atoms with Crippen LogP contribution in [0.1, 0.15) is 23.3 Å². The molecule has 0 unspecified atom stereocenters. The Kier molecular flexibility index (Phi) is 5.39. The number of nitrogen functional groups attached to an aromatic ring is 1. The number of hydrogen-bond donors (Lipinski definition) is 3. The minimum Gasteiger partial charge on any atom is -0.397 e. The molecule has 1 aliphatic rings. The number of anilines is 3. The summed E-state index contributed by atoms with van der Waals surface area (Å²) in [6.07, 6.45) is 7.12. The molecule has 168 valence electrons. The van der Waals surface area contributed by atoms with Crippen molar-refractivity contribution in [3.05, 3.63) is 60.7 Å². The monoisotopic (exact) mass is 442 g/mol. The SMILES string of the molecule is Cn1nccc1-c1ccc2cc(N)c(C(=O)Nc3cnccc3N3CCC[C@H](N)C3)nc2c1. The average Bonchev–Trinajstić information content (AvgIpc) is 3.24. The summed E-state index contributed by atoms with van der Waals surface area (Å²) in [5, 5.41) is 8.04. The lowest BCUT2D eigenvalue weighted by Gasteiger charge is -2.33. The Morgan fingerprint density at radius 1 is 1.18 bits per heavy atom. The molecule has 1 aromatic carbocycles. The highest BCUT2D eigenvalue weighted by Crippen LogP contribution is 2.29. The molecule has 33 heavy (non-hydrogen) atoms. The van der Waals surface area contributed by atoms with Gasteiger partial charge >= 0.3 is 0 Å². The summed E-state index contributed by atoms with van der Waals surface area (Å²) < 4.78 is 1.79. The topological polar surface area (TPSA) is 128 Å². The van der Waals surface area contributed by atoms with Gasteiger partial charge in [-0.05, 0) is 37.1 Å². The molecule has 1 saturated heterocycles. The van der Waals surface area contributed by atoms with Crippen LogP contribution in [0.2, 0.25) is 0 Å². The van der Waals surface area contributed by atoms with Gasteiger partial charge in [0.25, 0.3) is 5.91 Å². The molecule has 5 rings (SSSR count). The molecule has 0 saturated carbocycles. The average molecular weight is 443 g/mol. The molecule has 5 N–H and O–H groups in total. The van der Waals surface area contributed by atoms with Crippen molar-refractivity contribution in [1.29, 1.82) is 0 Å². The van der Waals surface area contributed by atoms with Crippen molar-refractivity contribution in [3.8, 4) is 11.3 Å². The van der Waals surface area contributed by atoms with E-state index in [9.17, 15) is 4.79 Å². The van der Waals surface area contributed by atoms with E-state index in [0.29, 0.717) is 16.9 Å². The second-order valence-electron chi connectivity index (χ2n) is 8.37. The zero-order valence-electron chi connectivity index (χ0n) is 18.4. The molecule has 1 amide bonds. The molecular weight excluding hydrogens is 416 g/mol. The molecule has 0 radical (unpaired) electrons. The fourth-order valence-electron chi connectivity index (χ4n) is 4.35. The van der Waals surface area contributed by atoms with Gasteiger partial charge in [0.1, 0.15) is 0 Å². The number of pyridine rings is 2. The molecule has 3 aromatic heterocycles. The Bertz CT molecular complexity index is 1330. The number of aryl methyl sites for hydroxylation is 1.